The maximum atomic E-state index is 10.1. The third kappa shape index (κ3) is 7.75. The van der Waals surface area contributed by atoms with E-state index in [1.807, 2.05) is 0 Å². The highest BCUT2D eigenvalue weighted by Gasteiger charge is 1.93. The molecule has 1 aromatic rings. The van der Waals surface area contributed by atoms with Gasteiger partial charge in [-0.05, 0) is 19.1 Å². The summed E-state index contributed by atoms with van der Waals surface area (Å²) in [6.07, 6.45) is 1.00. The fraction of sp³-hybridized carbons (Fsp3) is 0.455. The second kappa shape index (κ2) is 9.92. The molecular weight excluding hydrogens is 210 g/mol. The van der Waals surface area contributed by atoms with E-state index in [0.717, 1.165) is 5.76 Å². The average Bonchev–Trinajstić information content (AvgIpc) is 2.65. The van der Waals surface area contributed by atoms with Crippen LogP contribution in [-0.2, 0) is 9.53 Å². The minimum atomic E-state index is -0.248. The maximum absolute atomic E-state index is 10.1. The van der Waals surface area contributed by atoms with Gasteiger partial charge < -0.3 is 14.9 Å². The Bertz CT molecular complexity index is 307. The van der Waals surface area contributed by atoms with Crippen LogP contribution in [0.4, 0.5) is 0 Å². The van der Waals surface area contributed by atoms with Crippen molar-refractivity contribution in [3.63, 3.8) is 0 Å². The molecule has 1 heterocycles. The van der Waals surface area contributed by atoms with E-state index in [1.165, 1.54) is 7.11 Å². The Balaban J connectivity index is 0. The number of ether oxygens (including phenoxy) is 1. The number of hydrogen-bond donors (Lipinski definition) is 1. The highest BCUT2D eigenvalue weighted by molar-refractivity contribution is 5.70. The Kier molecular flexibility index (Phi) is 10.4. The van der Waals surface area contributed by atoms with Gasteiger partial charge in [0.15, 0.2) is 12.0 Å². The second-order valence-electron chi connectivity index (χ2n) is 2.68. The van der Waals surface area contributed by atoms with E-state index in [2.05, 4.69) is 4.74 Å². The van der Waals surface area contributed by atoms with E-state index in [4.69, 9.17) is 10.2 Å². The van der Waals surface area contributed by atoms with Gasteiger partial charge in [-0.15, -0.1) is 0 Å². The van der Waals surface area contributed by atoms with Crippen molar-refractivity contribution in [1.29, 1.82) is 0 Å². The summed E-state index contributed by atoms with van der Waals surface area (Å²) >= 11 is 0. The standard InChI is InChI=1S/C6H6O2.C4H9NO2.CH4/c1-5-2-3-6(4-7)8-5;1-7-4(6)2-3-5;/h2-4H,1H3;2-3,5H2,1H3;1H4. The van der Waals surface area contributed by atoms with E-state index < -0.39 is 0 Å². The number of aryl methyl sites for hydroxylation is 1. The fourth-order valence-electron chi connectivity index (χ4n) is 0.737. The largest absolute Gasteiger partial charge is 0.469 e. The van der Waals surface area contributed by atoms with Gasteiger partial charge in [-0.1, -0.05) is 7.43 Å². The number of furan rings is 1. The minimum absolute atomic E-state index is 0. The van der Waals surface area contributed by atoms with E-state index in [0.29, 0.717) is 25.0 Å². The number of rotatable bonds is 3. The third-order valence-corrected chi connectivity index (χ3v) is 1.45. The molecule has 92 valence electrons. The summed E-state index contributed by atoms with van der Waals surface area (Å²) in [4.78, 5) is 20.0. The SMILES string of the molecule is C.COC(=O)CCN.Cc1ccc(C=O)o1. The average molecular weight is 229 g/mol. The van der Waals surface area contributed by atoms with E-state index in [9.17, 15) is 9.59 Å². The number of hydrogen-bond acceptors (Lipinski definition) is 5. The molecule has 0 fully saturated rings. The number of esters is 1. The lowest BCUT2D eigenvalue weighted by Crippen LogP contribution is -2.08. The molecule has 0 spiro atoms. The number of aldehydes is 1. The van der Waals surface area contributed by atoms with Crippen LogP contribution in [0.5, 0.6) is 0 Å². The molecule has 0 radical (unpaired) electrons. The summed E-state index contributed by atoms with van der Waals surface area (Å²) < 4.78 is 9.14. The van der Waals surface area contributed by atoms with Crippen LogP contribution in [0, 0.1) is 6.92 Å². The molecule has 0 amide bonds. The zero-order valence-corrected chi connectivity index (χ0v) is 8.86. The quantitative estimate of drug-likeness (QED) is 0.628. The first-order valence-electron chi connectivity index (χ1n) is 4.42. The zero-order valence-electron chi connectivity index (χ0n) is 8.86. The van der Waals surface area contributed by atoms with Gasteiger partial charge in [0.2, 0.25) is 0 Å². The van der Waals surface area contributed by atoms with Crippen molar-refractivity contribution in [2.75, 3.05) is 13.7 Å². The summed E-state index contributed by atoms with van der Waals surface area (Å²) in [5, 5.41) is 0. The van der Waals surface area contributed by atoms with Gasteiger partial charge in [0.1, 0.15) is 5.76 Å². The fourth-order valence-corrected chi connectivity index (χ4v) is 0.737. The molecule has 0 atom stereocenters. The molecule has 0 saturated carbocycles. The highest BCUT2D eigenvalue weighted by atomic mass is 16.5. The van der Waals surface area contributed by atoms with E-state index in [1.54, 1.807) is 19.1 Å². The molecule has 0 aromatic carbocycles. The maximum Gasteiger partial charge on any atom is 0.306 e. The van der Waals surface area contributed by atoms with Crippen LogP contribution < -0.4 is 5.73 Å². The van der Waals surface area contributed by atoms with Gasteiger partial charge in [-0.25, -0.2) is 0 Å². The normalized spacial score (nSPS) is 8.19. The van der Waals surface area contributed by atoms with Crippen molar-refractivity contribution in [2.24, 2.45) is 5.73 Å². The van der Waals surface area contributed by atoms with Gasteiger partial charge in [0, 0.05) is 6.54 Å². The molecule has 2 N–H and O–H groups in total. The third-order valence-electron chi connectivity index (χ3n) is 1.45. The van der Waals surface area contributed by atoms with Crippen LogP contribution in [0.25, 0.3) is 0 Å². The lowest BCUT2D eigenvalue weighted by molar-refractivity contribution is -0.140. The predicted molar refractivity (Wildman–Crippen MR) is 61.3 cm³/mol. The summed E-state index contributed by atoms with van der Waals surface area (Å²) in [5.41, 5.74) is 5.00. The molecule has 5 heteroatoms. The smallest absolute Gasteiger partial charge is 0.306 e. The summed E-state index contributed by atoms with van der Waals surface area (Å²) in [5.74, 6) is 0.914. The van der Waals surface area contributed by atoms with E-state index >= 15 is 0 Å². The van der Waals surface area contributed by atoms with Crippen molar-refractivity contribution in [2.45, 2.75) is 20.8 Å². The first kappa shape index (κ1) is 16.8. The van der Waals surface area contributed by atoms with Crippen molar-refractivity contribution in [1.82, 2.24) is 0 Å². The van der Waals surface area contributed by atoms with Gasteiger partial charge in [0.05, 0.1) is 13.5 Å². The molecule has 1 rings (SSSR count). The summed E-state index contributed by atoms with van der Waals surface area (Å²) in [7, 11) is 1.35. The molecule has 5 nitrogen and oxygen atoms in total. The van der Waals surface area contributed by atoms with Crippen LogP contribution in [0.3, 0.4) is 0 Å². The molecule has 1 aromatic heterocycles. The highest BCUT2D eigenvalue weighted by Crippen LogP contribution is 2.01. The van der Waals surface area contributed by atoms with Crippen molar-refractivity contribution < 1.29 is 18.7 Å². The number of carbonyl (C=O) groups is 2. The molecule has 0 unspecified atom stereocenters. The van der Waals surface area contributed by atoms with Gasteiger partial charge >= 0.3 is 5.97 Å². The number of methoxy groups -OCH3 is 1. The molecule has 16 heavy (non-hydrogen) atoms. The minimum Gasteiger partial charge on any atom is -0.469 e. The monoisotopic (exact) mass is 229 g/mol. The molecule has 0 aliphatic rings. The molecule has 0 aliphatic heterocycles. The predicted octanol–water partition coefficient (Wildman–Crippen LogP) is 1.54. The van der Waals surface area contributed by atoms with E-state index in [-0.39, 0.29) is 13.4 Å². The van der Waals surface area contributed by atoms with Crippen LogP contribution in [0.15, 0.2) is 16.5 Å². The molecule has 0 bridgehead atoms. The molecular formula is C11H19NO4. The summed E-state index contributed by atoms with van der Waals surface area (Å²) in [6, 6.07) is 3.39. The van der Waals surface area contributed by atoms with Gasteiger partial charge in [-0.3, -0.25) is 9.59 Å². The zero-order chi connectivity index (χ0) is 11.7. The topological polar surface area (TPSA) is 82.5 Å². The van der Waals surface area contributed by atoms with Crippen LogP contribution >= 0.6 is 0 Å². The number of nitrogens with two attached hydrogens (primary N) is 1. The Hall–Kier alpha value is -1.62. The second-order valence-corrected chi connectivity index (χ2v) is 2.68. The van der Waals surface area contributed by atoms with Gasteiger partial charge in [0.25, 0.3) is 0 Å². The molecule has 0 aliphatic carbocycles. The van der Waals surface area contributed by atoms with Crippen molar-refractivity contribution in [3.05, 3.63) is 23.7 Å². The Morgan fingerprint density at radius 3 is 2.38 bits per heavy atom. The van der Waals surface area contributed by atoms with Crippen molar-refractivity contribution >= 4 is 12.3 Å². The van der Waals surface area contributed by atoms with Gasteiger partial charge in [-0.2, -0.15) is 0 Å². The van der Waals surface area contributed by atoms with Crippen molar-refractivity contribution in [3.8, 4) is 0 Å². The van der Waals surface area contributed by atoms with Crippen LogP contribution in [-0.4, -0.2) is 25.9 Å². The Morgan fingerprint density at radius 2 is 2.19 bits per heavy atom. The lowest BCUT2D eigenvalue weighted by atomic mass is 10.4. The first-order chi connectivity index (χ1) is 7.13. The summed E-state index contributed by atoms with van der Waals surface area (Å²) in [6.45, 7) is 2.17. The van der Waals surface area contributed by atoms with Crippen LogP contribution in [0.1, 0.15) is 30.2 Å². The lowest BCUT2D eigenvalue weighted by Gasteiger charge is -1.91. The molecule has 0 saturated heterocycles. The Morgan fingerprint density at radius 1 is 1.56 bits per heavy atom. The Labute approximate surface area is 95.6 Å². The van der Waals surface area contributed by atoms with Crippen LogP contribution in [0.2, 0.25) is 0 Å². The first-order valence-corrected chi connectivity index (χ1v) is 4.42. The number of carbonyl (C=O) groups excluding carboxylic acids is 2.